The summed E-state index contributed by atoms with van der Waals surface area (Å²) >= 11 is 0. The lowest BCUT2D eigenvalue weighted by molar-refractivity contribution is -0.145. The van der Waals surface area contributed by atoms with Crippen LogP contribution in [0.15, 0.2) is 47.1 Å². The number of aromatic nitrogens is 4. The van der Waals surface area contributed by atoms with Crippen molar-refractivity contribution in [3.8, 4) is 11.4 Å². The summed E-state index contributed by atoms with van der Waals surface area (Å²) in [5, 5.41) is 15.3. The standard InChI is InChI=1S/C25H31FN6O3/c1-17(2)13-14-27-25(34)23(21-8-5-15-35-21)32(20-6-3-4-7-20)22(33)16-31-29-24(28-30-31)18-9-11-19(26)12-10-18/h5,8-12,15,17,20,23H,3-4,6-7,13-14,16H2,1-2H3,(H,27,34). The fourth-order valence-corrected chi connectivity index (χ4v) is 4.39. The van der Waals surface area contributed by atoms with Crippen LogP contribution in [0.4, 0.5) is 4.39 Å². The number of carbonyl (C=O) groups is 2. The molecule has 2 aromatic heterocycles. The molecular formula is C25H31FN6O3. The number of carbonyl (C=O) groups excluding carboxylic acids is 2. The zero-order valence-corrected chi connectivity index (χ0v) is 20.1. The van der Waals surface area contributed by atoms with E-state index in [-0.39, 0.29) is 30.2 Å². The van der Waals surface area contributed by atoms with Crippen LogP contribution >= 0.6 is 0 Å². The first kappa shape index (κ1) is 24.6. The number of furan rings is 1. The van der Waals surface area contributed by atoms with Gasteiger partial charge in [-0.15, -0.1) is 10.2 Å². The van der Waals surface area contributed by atoms with E-state index in [0.29, 0.717) is 29.6 Å². The summed E-state index contributed by atoms with van der Waals surface area (Å²) in [5.41, 5.74) is 0.593. The third-order valence-electron chi connectivity index (χ3n) is 6.20. The third kappa shape index (κ3) is 6.12. The van der Waals surface area contributed by atoms with Crippen LogP contribution < -0.4 is 5.32 Å². The van der Waals surface area contributed by atoms with Crippen LogP contribution in [0, 0.1) is 11.7 Å². The molecule has 9 nitrogen and oxygen atoms in total. The lowest BCUT2D eigenvalue weighted by Crippen LogP contribution is -2.49. The van der Waals surface area contributed by atoms with Gasteiger partial charge in [0.2, 0.25) is 11.7 Å². The van der Waals surface area contributed by atoms with Crippen molar-refractivity contribution in [3.63, 3.8) is 0 Å². The Morgan fingerprint density at radius 1 is 1.20 bits per heavy atom. The van der Waals surface area contributed by atoms with Gasteiger partial charge >= 0.3 is 0 Å². The Morgan fingerprint density at radius 2 is 1.94 bits per heavy atom. The molecule has 0 saturated heterocycles. The Kier molecular flexibility index (Phi) is 7.89. The van der Waals surface area contributed by atoms with Crippen LogP contribution in [0.1, 0.15) is 57.8 Å². The fourth-order valence-electron chi connectivity index (χ4n) is 4.39. The van der Waals surface area contributed by atoms with Crippen LogP contribution in [-0.2, 0) is 16.1 Å². The summed E-state index contributed by atoms with van der Waals surface area (Å²) in [6, 6.07) is 8.21. The van der Waals surface area contributed by atoms with Gasteiger partial charge in [-0.2, -0.15) is 4.80 Å². The summed E-state index contributed by atoms with van der Waals surface area (Å²) in [4.78, 5) is 29.8. The highest BCUT2D eigenvalue weighted by Crippen LogP contribution is 2.32. The summed E-state index contributed by atoms with van der Waals surface area (Å²) in [7, 11) is 0. The van der Waals surface area contributed by atoms with Crippen LogP contribution in [-0.4, -0.2) is 49.5 Å². The third-order valence-corrected chi connectivity index (χ3v) is 6.20. The number of halogens is 1. The molecule has 1 atom stereocenters. The van der Waals surface area contributed by atoms with Gasteiger partial charge in [-0.25, -0.2) is 4.39 Å². The lowest BCUT2D eigenvalue weighted by Gasteiger charge is -2.34. The van der Waals surface area contributed by atoms with Crippen molar-refractivity contribution in [1.29, 1.82) is 0 Å². The molecule has 10 heteroatoms. The maximum atomic E-state index is 13.6. The average Bonchev–Trinajstić information content (AvgIpc) is 3.60. The predicted molar refractivity (Wildman–Crippen MR) is 126 cm³/mol. The van der Waals surface area contributed by atoms with E-state index >= 15 is 0 Å². The fraction of sp³-hybridized carbons (Fsp3) is 0.480. The van der Waals surface area contributed by atoms with E-state index in [4.69, 9.17) is 4.42 Å². The van der Waals surface area contributed by atoms with Gasteiger partial charge in [0.15, 0.2) is 6.04 Å². The molecule has 0 aliphatic heterocycles. The van der Waals surface area contributed by atoms with E-state index in [2.05, 4.69) is 34.6 Å². The number of hydrogen-bond donors (Lipinski definition) is 1. The minimum atomic E-state index is -0.882. The summed E-state index contributed by atoms with van der Waals surface area (Å²) < 4.78 is 18.9. The normalized spacial score (nSPS) is 14.9. The Balaban J connectivity index is 1.57. The van der Waals surface area contributed by atoms with Crippen LogP contribution in [0.5, 0.6) is 0 Å². The van der Waals surface area contributed by atoms with E-state index in [1.165, 1.54) is 23.2 Å². The second-order valence-corrected chi connectivity index (χ2v) is 9.28. The van der Waals surface area contributed by atoms with E-state index in [9.17, 15) is 14.0 Å². The van der Waals surface area contributed by atoms with Crippen molar-refractivity contribution < 1.29 is 18.4 Å². The number of nitrogens with zero attached hydrogens (tertiary/aromatic N) is 5. The van der Waals surface area contributed by atoms with Crippen molar-refractivity contribution in [2.45, 2.75) is 64.6 Å². The van der Waals surface area contributed by atoms with Crippen molar-refractivity contribution in [3.05, 3.63) is 54.2 Å². The van der Waals surface area contributed by atoms with Crippen LogP contribution in [0.2, 0.25) is 0 Å². The Morgan fingerprint density at radius 3 is 2.60 bits per heavy atom. The molecule has 1 aromatic carbocycles. The van der Waals surface area contributed by atoms with Gasteiger partial charge in [0.05, 0.1) is 6.26 Å². The second-order valence-electron chi connectivity index (χ2n) is 9.28. The molecule has 2 heterocycles. The molecule has 1 unspecified atom stereocenters. The van der Waals surface area contributed by atoms with Crippen LogP contribution in [0.3, 0.4) is 0 Å². The van der Waals surface area contributed by atoms with Gasteiger partial charge in [0.1, 0.15) is 18.1 Å². The van der Waals surface area contributed by atoms with Gasteiger partial charge in [0.25, 0.3) is 5.91 Å². The minimum Gasteiger partial charge on any atom is -0.467 e. The van der Waals surface area contributed by atoms with Crippen molar-refractivity contribution in [1.82, 2.24) is 30.4 Å². The maximum Gasteiger partial charge on any atom is 0.250 e. The highest BCUT2D eigenvalue weighted by atomic mass is 19.1. The topological polar surface area (TPSA) is 106 Å². The largest absolute Gasteiger partial charge is 0.467 e. The molecule has 1 aliphatic rings. The molecule has 0 radical (unpaired) electrons. The first-order valence-electron chi connectivity index (χ1n) is 12.1. The number of amides is 2. The van der Waals surface area contributed by atoms with Crippen molar-refractivity contribution in [2.75, 3.05) is 6.54 Å². The SMILES string of the molecule is CC(C)CCNC(=O)C(c1ccco1)N(C(=O)Cn1nnc(-c2ccc(F)cc2)n1)C1CCCC1. The molecule has 1 saturated carbocycles. The molecule has 4 rings (SSSR count). The summed E-state index contributed by atoms with van der Waals surface area (Å²) in [6.07, 6.45) is 5.95. The zero-order chi connectivity index (χ0) is 24.8. The Labute approximate surface area is 203 Å². The molecule has 1 aliphatic carbocycles. The van der Waals surface area contributed by atoms with Gasteiger partial charge in [-0.1, -0.05) is 26.7 Å². The monoisotopic (exact) mass is 482 g/mol. The van der Waals surface area contributed by atoms with E-state index in [1.807, 2.05) is 0 Å². The first-order chi connectivity index (χ1) is 16.9. The molecule has 1 N–H and O–H groups in total. The number of hydrogen-bond acceptors (Lipinski definition) is 6. The Bertz CT molecular complexity index is 1110. The lowest BCUT2D eigenvalue weighted by atomic mass is 10.1. The van der Waals surface area contributed by atoms with Gasteiger partial charge in [-0.05, 0) is 66.8 Å². The first-order valence-corrected chi connectivity index (χ1v) is 12.1. The molecule has 1 fully saturated rings. The second kappa shape index (κ2) is 11.2. The molecular weight excluding hydrogens is 451 g/mol. The van der Waals surface area contributed by atoms with E-state index in [1.54, 1.807) is 29.2 Å². The summed E-state index contributed by atoms with van der Waals surface area (Å²) in [6.45, 7) is 4.53. The highest BCUT2D eigenvalue weighted by molar-refractivity contribution is 5.88. The number of tetrazole rings is 1. The van der Waals surface area contributed by atoms with E-state index in [0.717, 1.165) is 32.1 Å². The molecule has 186 valence electrons. The molecule has 3 aromatic rings. The number of nitrogens with one attached hydrogen (secondary N) is 1. The quantitative estimate of drug-likeness (QED) is 0.472. The smallest absolute Gasteiger partial charge is 0.250 e. The minimum absolute atomic E-state index is 0.0893. The van der Waals surface area contributed by atoms with Crippen LogP contribution in [0.25, 0.3) is 11.4 Å². The molecule has 2 amide bonds. The predicted octanol–water partition coefficient (Wildman–Crippen LogP) is 3.75. The highest BCUT2D eigenvalue weighted by Gasteiger charge is 2.39. The maximum absolute atomic E-state index is 13.6. The van der Waals surface area contributed by atoms with Gasteiger partial charge in [-0.3, -0.25) is 9.59 Å². The number of benzene rings is 1. The Hall–Kier alpha value is -3.56. The van der Waals surface area contributed by atoms with E-state index < -0.39 is 6.04 Å². The number of rotatable bonds is 10. The van der Waals surface area contributed by atoms with Crippen molar-refractivity contribution >= 4 is 11.8 Å². The molecule has 35 heavy (non-hydrogen) atoms. The molecule has 0 spiro atoms. The van der Waals surface area contributed by atoms with Crippen molar-refractivity contribution in [2.24, 2.45) is 5.92 Å². The van der Waals surface area contributed by atoms with Gasteiger partial charge < -0.3 is 14.6 Å². The van der Waals surface area contributed by atoms with Gasteiger partial charge in [0, 0.05) is 18.2 Å². The summed E-state index contributed by atoms with van der Waals surface area (Å²) in [5.74, 6) is 0.239. The average molecular weight is 483 g/mol. The molecule has 0 bridgehead atoms. The zero-order valence-electron chi connectivity index (χ0n) is 20.1.